The Labute approximate surface area is 64.8 Å². The Kier molecular flexibility index (Phi) is 4.89. The molecule has 0 rings (SSSR count). The van der Waals surface area contributed by atoms with Crippen LogP contribution in [0.5, 0.6) is 0 Å². The zero-order valence-electron chi connectivity index (χ0n) is 6.39. The lowest BCUT2D eigenvalue weighted by Gasteiger charge is -2.02. The number of carboxylic acid groups (broad SMARTS) is 1. The first-order valence-corrected chi connectivity index (χ1v) is 3.40. The highest BCUT2D eigenvalue weighted by molar-refractivity contribution is 5.74. The minimum absolute atomic E-state index is 0.0445. The third-order valence-corrected chi connectivity index (χ3v) is 0.962. The fourth-order valence-electron chi connectivity index (χ4n) is 0.506. The lowest BCUT2D eigenvalue weighted by molar-refractivity contribution is -0.136. The third kappa shape index (κ3) is 6.63. The second-order valence-electron chi connectivity index (χ2n) is 1.93. The summed E-state index contributed by atoms with van der Waals surface area (Å²) in [5.74, 6) is -0.915. The molecule has 0 heterocycles. The number of carbonyl (C=O) groups excluding carboxylic acids is 1. The highest BCUT2D eigenvalue weighted by atomic mass is 16.4. The molecule has 0 bridgehead atoms. The second kappa shape index (κ2) is 5.52. The molecular weight excluding hydrogens is 148 g/mol. The zero-order chi connectivity index (χ0) is 8.69. The zero-order valence-corrected chi connectivity index (χ0v) is 6.39. The number of hydrogen-bond acceptors (Lipinski definition) is 2. The lowest BCUT2D eigenvalue weighted by Crippen LogP contribution is -2.36. The Morgan fingerprint density at radius 2 is 2.00 bits per heavy atom. The summed E-state index contributed by atoms with van der Waals surface area (Å²) in [6.45, 7) is 2.50. The molecule has 2 amide bonds. The van der Waals surface area contributed by atoms with E-state index < -0.39 is 5.97 Å². The van der Waals surface area contributed by atoms with Gasteiger partial charge in [0.25, 0.3) is 0 Å². The predicted molar refractivity (Wildman–Crippen MR) is 39.3 cm³/mol. The van der Waals surface area contributed by atoms with Crippen molar-refractivity contribution in [1.82, 2.24) is 10.6 Å². The predicted octanol–water partition coefficient (Wildman–Crippen LogP) is -0.220. The van der Waals surface area contributed by atoms with Crippen LogP contribution in [-0.2, 0) is 4.79 Å². The van der Waals surface area contributed by atoms with Crippen LogP contribution in [0.2, 0.25) is 0 Å². The number of carbonyl (C=O) groups is 2. The van der Waals surface area contributed by atoms with E-state index in [-0.39, 0.29) is 19.0 Å². The van der Waals surface area contributed by atoms with Gasteiger partial charge in [0.2, 0.25) is 0 Å². The maximum atomic E-state index is 10.6. The number of carboxylic acids is 1. The molecule has 5 nitrogen and oxygen atoms in total. The van der Waals surface area contributed by atoms with Crippen LogP contribution < -0.4 is 10.6 Å². The fourth-order valence-corrected chi connectivity index (χ4v) is 0.506. The lowest BCUT2D eigenvalue weighted by atomic mass is 10.4. The van der Waals surface area contributed by atoms with Crippen molar-refractivity contribution in [1.29, 1.82) is 0 Å². The van der Waals surface area contributed by atoms with Gasteiger partial charge in [-0.2, -0.15) is 0 Å². The Hall–Kier alpha value is -1.26. The van der Waals surface area contributed by atoms with Crippen LogP contribution in [0.25, 0.3) is 0 Å². The molecule has 0 unspecified atom stereocenters. The summed E-state index contributed by atoms with van der Waals surface area (Å²) >= 11 is 0. The molecule has 11 heavy (non-hydrogen) atoms. The molecule has 0 aliphatic carbocycles. The molecule has 0 aromatic heterocycles. The van der Waals surface area contributed by atoms with Gasteiger partial charge < -0.3 is 15.7 Å². The van der Waals surface area contributed by atoms with E-state index in [1.165, 1.54) is 0 Å². The Morgan fingerprint density at radius 3 is 2.45 bits per heavy atom. The van der Waals surface area contributed by atoms with E-state index in [0.717, 1.165) is 0 Å². The SMILES string of the molecule is CCNC(=O)NCCC(=O)O. The van der Waals surface area contributed by atoms with E-state index in [1.54, 1.807) is 6.92 Å². The van der Waals surface area contributed by atoms with Gasteiger partial charge in [-0.3, -0.25) is 4.79 Å². The minimum atomic E-state index is -0.915. The largest absolute Gasteiger partial charge is 0.481 e. The maximum absolute atomic E-state index is 10.6. The molecule has 0 fully saturated rings. The molecule has 0 aromatic carbocycles. The number of hydrogen-bond donors (Lipinski definition) is 3. The summed E-state index contributed by atoms with van der Waals surface area (Å²) in [4.78, 5) is 20.6. The standard InChI is InChI=1S/C6H12N2O3/c1-2-7-6(11)8-4-3-5(9)10/h2-4H2,1H3,(H,9,10)(H2,7,8,11). The van der Waals surface area contributed by atoms with E-state index in [9.17, 15) is 9.59 Å². The van der Waals surface area contributed by atoms with Gasteiger partial charge in [0, 0.05) is 13.1 Å². The van der Waals surface area contributed by atoms with Crippen LogP contribution in [-0.4, -0.2) is 30.2 Å². The van der Waals surface area contributed by atoms with Crippen molar-refractivity contribution in [3.05, 3.63) is 0 Å². The van der Waals surface area contributed by atoms with Gasteiger partial charge in [0.15, 0.2) is 0 Å². The summed E-state index contributed by atoms with van der Waals surface area (Å²) in [7, 11) is 0. The van der Waals surface area contributed by atoms with Gasteiger partial charge in [0.05, 0.1) is 6.42 Å². The summed E-state index contributed by atoms with van der Waals surface area (Å²) in [6, 6.07) is -0.325. The van der Waals surface area contributed by atoms with Crippen LogP contribution in [0.1, 0.15) is 13.3 Å². The third-order valence-electron chi connectivity index (χ3n) is 0.962. The van der Waals surface area contributed by atoms with Crippen molar-refractivity contribution in [3.8, 4) is 0 Å². The molecule has 0 atom stereocenters. The average molecular weight is 160 g/mol. The maximum Gasteiger partial charge on any atom is 0.314 e. The molecule has 3 N–H and O–H groups in total. The molecule has 0 spiro atoms. The highest BCUT2D eigenvalue weighted by Gasteiger charge is 1.98. The molecule has 0 aliphatic rings. The van der Waals surface area contributed by atoms with Crippen molar-refractivity contribution in [2.45, 2.75) is 13.3 Å². The first kappa shape index (κ1) is 9.74. The van der Waals surface area contributed by atoms with Crippen LogP contribution >= 0.6 is 0 Å². The average Bonchev–Trinajstić information content (AvgIpc) is 1.87. The monoisotopic (exact) mass is 160 g/mol. The van der Waals surface area contributed by atoms with Crippen molar-refractivity contribution < 1.29 is 14.7 Å². The fraction of sp³-hybridized carbons (Fsp3) is 0.667. The van der Waals surface area contributed by atoms with E-state index in [0.29, 0.717) is 6.54 Å². The summed E-state index contributed by atoms with van der Waals surface area (Å²) in [6.07, 6.45) is -0.0445. The summed E-state index contributed by atoms with van der Waals surface area (Å²) < 4.78 is 0. The topological polar surface area (TPSA) is 78.4 Å². The smallest absolute Gasteiger partial charge is 0.314 e. The Balaban J connectivity index is 3.24. The number of rotatable bonds is 4. The van der Waals surface area contributed by atoms with Crippen molar-refractivity contribution in [2.24, 2.45) is 0 Å². The van der Waals surface area contributed by atoms with Gasteiger partial charge in [-0.1, -0.05) is 0 Å². The summed E-state index contributed by atoms with van der Waals surface area (Å²) in [5, 5.41) is 13.0. The van der Waals surface area contributed by atoms with E-state index in [2.05, 4.69) is 10.6 Å². The van der Waals surface area contributed by atoms with Gasteiger partial charge in [-0.15, -0.1) is 0 Å². The van der Waals surface area contributed by atoms with Crippen molar-refractivity contribution >= 4 is 12.0 Å². The molecule has 64 valence electrons. The normalized spacial score (nSPS) is 8.82. The highest BCUT2D eigenvalue weighted by Crippen LogP contribution is 1.74. The number of nitrogens with one attached hydrogen (secondary N) is 2. The van der Waals surface area contributed by atoms with E-state index >= 15 is 0 Å². The van der Waals surface area contributed by atoms with Gasteiger partial charge in [0.1, 0.15) is 0 Å². The van der Waals surface area contributed by atoms with Crippen LogP contribution in [0.4, 0.5) is 4.79 Å². The van der Waals surface area contributed by atoms with Crippen LogP contribution in [0.3, 0.4) is 0 Å². The minimum Gasteiger partial charge on any atom is -0.481 e. The molecule has 5 heteroatoms. The van der Waals surface area contributed by atoms with Gasteiger partial charge in [-0.25, -0.2) is 4.79 Å². The van der Waals surface area contributed by atoms with Crippen molar-refractivity contribution in [3.63, 3.8) is 0 Å². The molecule has 0 radical (unpaired) electrons. The molecule has 0 saturated carbocycles. The number of amides is 2. The van der Waals surface area contributed by atoms with Gasteiger partial charge >= 0.3 is 12.0 Å². The Morgan fingerprint density at radius 1 is 1.36 bits per heavy atom. The quantitative estimate of drug-likeness (QED) is 0.532. The second-order valence-corrected chi connectivity index (χ2v) is 1.93. The summed E-state index contributed by atoms with van der Waals surface area (Å²) in [5.41, 5.74) is 0. The van der Waals surface area contributed by atoms with E-state index in [1.807, 2.05) is 0 Å². The molecule has 0 saturated heterocycles. The first-order chi connectivity index (χ1) is 5.16. The van der Waals surface area contributed by atoms with E-state index in [4.69, 9.17) is 5.11 Å². The Bertz CT molecular complexity index is 147. The molecular formula is C6H12N2O3. The molecule has 0 aromatic rings. The number of urea groups is 1. The van der Waals surface area contributed by atoms with Gasteiger partial charge in [-0.05, 0) is 6.92 Å². The first-order valence-electron chi connectivity index (χ1n) is 3.40. The number of aliphatic carboxylic acids is 1. The molecule has 0 aliphatic heterocycles. The van der Waals surface area contributed by atoms with Crippen molar-refractivity contribution in [2.75, 3.05) is 13.1 Å². The van der Waals surface area contributed by atoms with Crippen LogP contribution in [0.15, 0.2) is 0 Å². The van der Waals surface area contributed by atoms with Crippen LogP contribution in [0, 0.1) is 0 Å².